The minimum atomic E-state index is -3.33. The zero-order valence-electron chi connectivity index (χ0n) is 12.9. The molecule has 0 aromatic rings. The van der Waals surface area contributed by atoms with Crippen LogP contribution in [0.1, 0.15) is 40.0 Å². The predicted molar refractivity (Wildman–Crippen MR) is 79.3 cm³/mol. The molecule has 0 aliphatic heterocycles. The van der Waals surface area contributed by atoms with Gasteiger partial charge in [0.1, 0.15) is 0 Å². The molecule has 0 heterocycles. The first-order valence-corrected chi connectivity index (χ1v) is 8.59. The fourth-order valence-electron chi connectivity index (χ4n) is 1.86. The Bertz CT molecular complexity index is 366. The maximum atomic E-state index is 12.3. The van der Waals surface area contributed by atoms with Crippen molar-refractivity contribution in [3.05, 3.63) is 0 Å². The van der Waals surface area contributed by atoms with E-state index in [-0.39, 0.29) is 6.04 Å². The molecule has 0 amide bonds. The van der Waals surface area contributed by atoms with Crippen LogP contribution in [0.5, 0.6) is 0 Å². The van der Waals surface area contributed by atoms with Gasteiger partial charge in [0.2, 0.25) is 0 Å². The standard InChI is InChI=1S/C13H29N3O2S/c1-11(2)12(3)16(5)19(17,18)15(4)10-6-9-14-13-7-8-13/h11-14H,6-10H2,1-5H3. The molecule has 0 spiro atoms. The molecule has 5 nitrogen and oxygen atoms in total. The average molecular weight is 291 g/mol. The van der Waals surface area contributed by atoms with Crippen LogP contribution in [0.2, 0.25) is 0 Å². The first-order valence-electron chi connectivity index (χ1n) is 7.19. The summed E-state index contributed by atoms with van der Waals surface area (Å²) < 4.78 is 27.6. The van der Waals surface area contributed by atoms with Gasteiger partial charge in [0.15, 0.2) is 0 Å². The molecule has 114 valence electrons. The van der Waals surface area contributed by atoms with E-state index in [0.29, 0.717) is 18.5 Å². The summed E-state index contributed by atoms with van der Waals surface area (Å²) in [6.07, 6.45) is 3.39. The van der Waals surface area contributed by atoms with Crippen molar-refractivity contribution < 1.29 is 8.42 Å². The van der Waals surface area contributed by atoms with Gasteiger partial charge in [0.25, 0.3) is 10.2 Å². The third-order valence-electron chi connectivity index (χ3n) is 3.96. The molecule has 1 N–H and O–H groups in total. The van der Waals surface area contributed by atoms with Gasteiger partial charge in [0.05, 0.1) is 0 Å². The summed E-state index contributed by atoms with van der Waals surface area (Å²) in [7, 11) is -0.00112. The molecule has 0 radical (unpaired) electrons. The van der Waals surface area contributed by atoms with Crippen LogP contribution in [0.25, 0.3) is 0 Å². The van der Waals surface area contributed by atoms with E-state index < -0.39 is 10.2 Å². The van der Waals surface area contributed by atoms with Crippen LogP contribution in [0.4, 0.5) is 0 Å². The Hall–Kier alpha value is -0.170. The predicted octanol–water partition coefficient (Wildman–Crippen LogP) is 1.28. The first kappa shape index (κ1) is 16.9. The Morgan fingerprint density at radius 3 is 2.26 bits per heavy atom. The van der Waals surface area contributed by atoms with Crippen molar-refractivity contribution >= 4 is 10.2 Å². The normalized spacial score (nSPS) is 18.5. The molecule has 1 rings (SSSR count). The summed E-state index contributed by atoms with van der Waals surface area (Å²) in [4.78, 5) is 0. The molecule has 0 bridgehead atoms. The van der Waals surface area contributed by atoms with Crippen LogP contribution in [0.3, 0.4) is 0 Å². The van der Waals surface area contributed by atoms with Crippen LogP contribution in [0, 0.1) is 5.92 Å². The summed E-state index contributed by atoms with van der Waals surface area (Å²) in [5, 5.41) is 3.40. The lowest BCUT2D eigenvalue weighted by molar-refractivity contribution is 0.291. The lowest BCUT2D eigenvalue weighted by atomic mass is 10.1. The van der Waals surface area contributed by atoms with E-state index >= 15 is 0 Å². The topological polar surface area (TPSA) is 52.7 Å². The van der Waals surface area contributed by atoms with E-state index in [9.17, 15) is 8.42 Å². The van der Waals surface area contributed by atoms with Gasteiger partial charge in [-0.3, -0.25) is 0 Å². The molecule has 1 atom stereocenters. The maximum Gasteiger partial charge on any atom is 0.281 e. The van der Waals surface area contributed by atoms with Crippen LogP contribution in [-0.4, -0.2) is 56.3 Å². The van der Waals surface area contributed by atoms with Crippen molar-refractivity contribution in [2.45, 2.75) is 52.1 Å². The number of nitrogens with zero attached hydrogens (tertiary/aromatic N) is 2. The highest BCUT2D eigenvalue weighted by Gasteiger charge is 2.28. The van der Waals surface area contributed by atoms with Crippen molar-refractivity contribution in [3.8, 4) is 0 Å². The molecule has 6 heteroatoms. The zero-order valence-corrected chi connectivity index (χ0v) is 13.7. The van der Waals surface area contributed by atoms with Crippen LogP contribution >= 0.6 is 0 Å². The molecule has 1 aliphatic carbocycles. The van der Waals surface area contributed by atoms with Crippen molar-refractivity contribution in [1.29, 1.82) is 0 Å². The second kappa shape index (κ2) is 7.02. The minimum Gasteiger partial charge on any atom is -0.314 e. The fourth-order valence-corrected chi connectivity index (χ4v) is 3.32. The third kappa shape index (κ3) is 5.02. The van der Waals surface area contributed by atoms with Crippen molar-refractivity contribution in [2.24, 2.45) is 5.92 Å². The second-order valence-corrected chi connectivity index (χ2v) is 8.01. The van der Waals surface area contributed by atoms with Crippen molar-refractivity contribution in [3.63, 3.8) is 0 Å². The quantitative estimate of drug-likeness (QED) is 0.651. The molecule has 0 aromatic heterocycles. The highest BCUT2D eigenvalue weighted by atomic mass is 32.2. The highest BCUT2D eigenvalue weighted by Crippen LogP contribution is 2.18. The van der Waals surface area contributed by atoms with Gasteiger partial charge in [-0.2, -0.15) is 17.0 Å². The Labute approximate surface area is 118 Å². The lowest BCUT2D eigenvalue weighted by Crippen LogP contribution is -2.46. The SMILES string of the molecule is CC(C)C(C)N(C)S(=O)(=O)N(C)CCCNC1CC1. The monoisotopic (exact) mass is 291 g/mol. The second-order valence-electron chi connectivity index (χ2n) is 5.91. The molecule has 1 unspecified atom stereocenters. The Balaban J connectivity index is 2.40. The third-order valence-corrected chi connectivity index (χ3v) is 5.99. The minimum absolute atomic E-state index is 0.0111. The van der Waals surface area contributed by atoms with Gasteiger partial charge >= 0.3 is 0 Å². The largest absolute Gasteiger partial charge is 0.314 e. The highest BCUT2D eigenvalue weighted by molar-refractivity contribution is 7.86. The average Bonchev–Trinajstić information content (AvgIpc) is 3.16. The maximum absolute atomic E-state index is 12.3. The Morgan fingerprint density at radius 2 is 1.79 bits per heavy atom. The lowest BCUT2D eigenvalue weighted by Gasteiger charge is -2.31. The summed E-state index contributed by atoms with van der Waals surface area (Å²) in [6, 6.07) is 0.697. The van der Waals surface area contributed by atoms with E-state index in [2.05, 4.69) is 5.32 Å². The van der Waals surface area contributed by atoms with Gasteiger partial charge < -0.3 is 5.32 Å². The smallest absolute Gasteiger partial charge is 0.281 e. The van der Waals surface area contributed by atoms with E-state index in [1.807, 2.05) is 20.8 Å². The van der Waals surface area contributed by atoms with Gasteiger partial charge in [-0.25, -0.2) is 0 Å². The van der Waals surface area contributed by atoms with E-state index in [0.717, 1.165) is 13.0 Å². The number of nitrogens with one attached hydrogen (secondary N) is 1. The van der Waals surface area contributed by atoms with Gasteiger partial charge in [-0.15, -0.1) is 0 Å². The van der Waals surface area contributed by atoms with Crippen LogP contribution < -0.4 is 5.32 Å². The summed E-state index contributed by atoms with van der Waals surface area (Å²) in [5.41, 5.74) is 0. The van der Waals surface area contributed by atoms with Gasteiger partial charge in [-0.05, 0) is 38.6 Å². The van der Waals surface area contributed by atoms with Crippen molar-refractivity contribution in [1.82, 2.24) is 13.9 Å². The van der Waals surface area contributed by atoms with E-state index in [4.69, 9.17) is 0 Å². The number of hydrogen-bond donors (Lipinski definition) is 1. The molecular weight excluding hydrogens is 262 g/mol. The summed E-state index contributed by atoms with van der Waals surface area (Å²) in [6.45, 7) is 7.49. The molecular formula is C13H29N3O2S. The Kier molecular flexibility index (Phi) is 6.23. The van der Waals surface area contributed by atoms with E-state index in [1.54, 1.807) is 14.1 Å². The zero-order chi connectivity index (χ0) is 14.6. The summed E-state index contributed by atoms with van der Waals surface area (Å²) in [5.74, 6) is 0.310. The molecule has 19 heavy (non-hydrogen) atoms. The van der Waals surface area contributed by atoms with E-state index in [1.165, 1.54) is 21.5 Å². The fraction of sp³-hybridized carbons (Fsp3) is 1.00. The van der Waals surface area contributed by atoms with Crippen LogP contribution in [0.15, 0.2) is 0 Å². The van der Waals surface area contributed by atoms with Gasteiger partial charge in [0, 0.05) is 32.7 Å². The number of hydrogen-bond acceptors (Lipinski definition) is 3. The summed E-state index contributed by atoms with van der Waals surface area (Å²) >= 11 is 0. The Morgan fingerprint density at radius 1 is 1.21 bits per heavy atom. The first-order chi connectivity index (χ1) is 8.76. The molecule has 0 aromatic carbocycles. The van der Waals surface area contributed by atoms with Crippen molar-refractivity contribution in [2.75, 3.05) is 27.2 Å². The van der Waals surface area contributed by atoms with Gasteiger partial charge in [-0.1, -0.05) is 13.8 Å². The molecule has 1 fully saturated rings. The molecule has 1 aliphatic rings. The number of rotatable bonds is 9. The molecule has 0 saturated heterocycles. The van der Waals surface area contributed by atoms with Crippen LogP contribution in [-0.2, 0) is 10.2 Å². The molecule has 1 saturated carbocycles.